The molecule has 1 fully saturated rings. The summed E-state index contributed by atoms with van der Waals surface area (Å²) >= 11 is 0. The van der Waals surface area contributed by atoms with Crippen LogP contribution < -0.4 is 4.90 Å². The van der Waals surface area contributed by atoms with Crippen molar-refractivity contribution in [1.29, 1.82) is 0 Å². The molecule has 4 rings (SSSR count). The number of piperidine rings is 1. The topological polar surface area (TPSA) is 115 Å². The molecule has 0 radical (unpaired) electrons. The van der Waals surface area contributed by atoms with E-state index in [9.17, 15) is 4.79 Å². The number of carboxylic acid groups (broad SMARTS) is 1. The minimum absolute atomic E-state index is 0.0701. The Morgan fingerprint density at radius 1 is 1.26 bits per heavy atom. The van der Waals surface area contributed by atoms with Gasteiger partial charge < -0.3 is 14.6 Å². The molecule has 10 heteroatoms. The van der Waals surface area contributed by atoms with Gasteiger partial charge in [0.15, 0.2) is 11.5 Å². The van der Waals surface area contributed by atoms with Gasteiger partial charge in [0, 0.05) is 26.1 Å². The van der Waals surface area contributed by atoms with Crippen LogP contribution >= 0.6 is 0 Å². The summed E-state index contributed by atoms with van der Waals surface area (Å²) in [5.74, 6) is 1.82. The molecule has 0 saturated carbocycles. The Hall–Kier alpha value is -3.30. The highest BCUT2D eigenvalue weighted by Gasteiger charge is 2.26. The molecule has 1 N–H and O–H groups in total. The molecular formula is C17H20N8O2. The molecule has 1 aliphatic heterocycles. The molecule has 0 spiro atoms. The fourth-order valence-corrected chi connectivity index (χ4v) is 3.41. The van der Waals surface area contributed by atoms with Crippen molar-refractivity contribution in [3.05, 3.63) is 48.2 Å². The molecule has 4 heterocycles. The molecule has 0 aromatic carbocycles. The minimum atomic E-state index is -1.01. The molecule has 0 aliphatic carbocycles. The maximum atomic E-state index is 11.1. The summed E-state index contributed by atoms with van der Waals surface area (Å²) in [6.07, 6.45) is 4.98. The predicted molar refractivity (Wildman–Crippen MR) is 95.5 cm³/mol. The third-order valence-corrected chi connectivity index (χ3v) is 4.91. The zero-order chi connectivity index (χ0) is 18.8. The van der Waals surface area contributed by atoms with Gasteiger partial charge in [0.05, 0.1) is 0 Å². The highest BCUT2D eigenvalue weighted by Crippen LogP contribution is 2.29. The van der Waals surface area contributed by atoms with Crippen molar-refractivity contribution >= 4 is 11.8 Å². The molecule has 0 amide bonds. The number of carboxylic acids is 1. The maximum absolute atomic E-state index is 11.1. The van der Waals surface area contributed by atoms with Crippen molar-refractivity contribution in [2.45, 2.75) is 25.3 Å². The van der Waals surface area contributed by atoms with Crippen LogP contribution in [0.4, 0.5) is 5.82 Å². The largest absolute Gasteiger partial charge is 0.477 e. The number of hydrogen-bond donors (Lipinski definition) is 1. The van der Waals surface area contributed by atoms with E-state index in [1.807, 2.05) is 17.7 Å². The average molecular weight is 368 g/mol. The first-order valence-electron chi connectivity index (χ1n) is 8.77. The van der Waals surface area contributed by atoms with E-state index in [0.717, 1.165) is 37.6 Å². The SMILES string of the molecule is Cn1c(Cn2cncn2)nnc1C1CCN(c2cccc(C(=O)O)n2)CC1. The third-order valence-electron chi connectivity index (χ3n) is 4.91. The smallest absolute Gasteiger partial charge is 0.354 e. The zero-order valence-electron chi connectivity index (χ0n) is 14.9. The second kappa shape index (κ2) is 7.14. The van der Waals surface area contributed by atoms with Crippen LogP contribution in [0.3, 0.4) is 0 Å². The summed E-state index contributed by atoms with van der Waals surface area (Å²) in [7, 11) is 1.98. The number of aromatic nitrogens is 7. The van der Waals surface area contributed by atoms with Gasteiger partial charge in [-0.1, -0.05) is 6.07 Å². The number of rotatable bonds is 5. The first-order chi connectivity index (χ1) is 13.1. The monoisotopic (exact) mass is 368 g/mol. The summed E-state index contributed by atoms with van der Waals surface area (Å²) in [5, 5.41) is 21.9. The van der Waals surface area contributed by atoms with Crippen LogP contribution in [0.1, 0.15) is 40.9 Å². The normalized spacial score (nSPS) is 15.2. The molecule has 0 atom stereocenters. The van der Waals surface area contributed by atoms with Crippen LogP contribution in [0.2, 0.25) is 0 Å². The van der Waals surface area contributed by atoms with Crippen LogP contribution in [-0.4, -0.2) is 58.7 Å². The maximum Gasteiger partial charge on any atom is 0.354 e. The molecule has 3 aromatic rings. The summed E-state index contributed by atoms with van der Waals surface area (Å²) in [6, 6.07) is 5.09. The number of carbonyl (C=O) groups is 1. The lowest BCUT2D eigenvalue weighted by atomic mass is 9.96. The summed E-state index contributed by atoms with van der Waals surface area (Å²) in [4.78, 5) is 21.4. The Morgan fingerprint density at radius 2 is 2.07 bits per heavy atom. The predicted octanol–water partition coefficient (Wildman–Crippen LogP) is 0.932. The van der Waals surface area contributed by atoms with Gasteiger partial charge in [-0.05, 0) is 25.0 Å². The van der Waals surface area contributed by atoms with Crippen LogP contribution in [0.15, 0.2) is 30.9 Å². The van der Waals surface area contributed by atoms with E-state index in [0.29, 0.717) is 18.3 Å². The number of anilines is 1. The van der Waals surface area contributed by atoms with Crippen molar-refractivity contribution in [3.8, 4) is 0 Å². The van der Waals surface area contributed by atoms with Gasteiger partial charge in [-0.2, -0.15) is 5.10 Å². The summed E-state index contributed by atoms with van der Waals surface area (Å²) in [5.41, 5.74) is 0.0701. The van der Waals surface area contributed by atoms with Crippen molar-refractivity contribution in [3.63, 3.8) is 0 Å². The van der Waals surface area contributed by atoms with E-state index in [4.69, 9.17) is 5.11 Å². The Labute approximate surface area is 155 Å². The van der Waals surface area contributed by atoms with Crippen LogP contribution in [0, 0.1) is 0 Å². The second-order valence-corrected chi connectivity index (χ2v) is 6.57. The number of pyridine rings is 1. The zero-order valence-corrected chi connectivity index (χ0v) is 14.9. The Kier molecular flexibility index (Phi) is 4.53. The molecule has 3 aromatic heterocycles. The van der Waals surface area contributed by atoms with E-state index in [-0.39, 0.29) is 5.69 Å². The number of hydrogen-bond acceptors (Lipinski definition) is 7. The van der Waals surface area contributed by atoms with Crippen molar-refractivity contribution < 1.29 is 9.90 Å². The lowest BCUT2D eigenvalue weighted by Gasteiger charge is -2.32. The van der Waals surface area contributed by atoms with Gasteiger partial charge in [0.25, 0.3) is 0 Å². The Balaban J connectivity index is 1.43. The van der Waals surface area contributed by atoms with E-state index in [2.05, 4.69) is 30.2 Å². The van der Waals surface area contributed by atoms with Gasteiger partial charge in [-0.25, -0.2) is 19.4 Å². The van der Waals surface area contributed by atoms with Crippen molar-refractivity contribution in [2.24, 2.45) is 7.05 Å². The van der Waals surface area contributed by atoms with E-state index in [1.54, 1.807) is 17.1 Å². The standard InChI is InChI=1S/C17H20N8O2/c1-23-15(9-25-11-18-10-19-25)21-22-16(23)12-5-7-24(8-6-12)14-4-2-3-13(20-14)17(26)27/h2-4,10-12H,5-9H2,1H3,(H,26,27). The molecule has 140 valence electrons. The van der Waals surface area contributed by atoms with Gasteiger partial charge in [0.2, 0.25) is 0 Å². The fourth-order valence-electron chi connectivity index (χ4n) is 3.41. The average Bonchev–Trinajstić information content (AvgIpc) is 3.33. The third kappa shape index (κ3) is 3.50. The first-order valence-corrected chi connectivity index (χ1v) is 8.77. The molecule has 0 unspecified atom stereocenters. The molecule has 1 aliphatic rings. The lowest BCUT2D eigenvalue weighted by molar-refractivity contribution is 0.0690. The summed E-state index contributed by atoms with van der Waals surface area (Å²) < 4.78 is 3.75. The van der Waals surface area contributed by atoms with Gasteiger partial charge in [-0.3, -0.25) is 0 Å². The molecule has 0 bridgehead atoms. The number of nitrogens with zero attached hydrogens (tertiary/aromatic N) is 8. The minimum Gasteiger partial charge on any atom is -0.477 e. The van der Waals surface area contributed by atoms with Gasteiger partial charge >= 0.3 is 5.97 Å². The highest BCUT2D eigenvalue weighted by molar-refractivity contribution is 5.85. The van der Waals surface area contributed by atoms with Gasteiger partial charge in [-0.15, -0.1) is 10.2 Å². The molecule has 1 saturated heterocycles. The fraction of sp³-hybridized carbons (Fsp3) is 0.412. The summed E-state index contributed by atoms with van der Waals surface area (Å²) in [6.45, 7) is 2.13. The van der Waals surface area contributed by atoms with Crippen LogP contribution in [-0.2, 0) is 13.6 Å². The second-order valence-electron chi connectivity index (χ2n) is 6.57. The van der Waals surface area contributed by atoms with E-state index in [1.165, 1.54) is 12.4 Å². The molecule has 27 heavy (non-hydrogen) atoms. The first kappa shape index (κ1) is 17.1. The van der Waals surface area contributed by atoms with Crippen molar-refractivity contribution in [2.75, 3.05) is 18.0 Å². The Morgan fingerprint density at radius 3 is 2.78 bits per heavy atom. The van der Waals surface area contributed by atoms with Crippen molar-refractivity contribution in [1.82, 2.24) is 34.5 Å². The van der Waals surface area contributed by atoms with E-state index >= 15 is 0 Å². The van der Waals surface area contributed by atoms with Crippen LogP contribution in [0.5, 0.6) is 0 Å². The lowest BCUT2D eigenvalue weighted by Crippen LogP contribution is -2.34. The van der Waals surface area contributed by atoms with E-state index < -0.39 is 5.97 Å². The van der Waals surface area contributed by atoms with Crippen LogP contribution in [0.25, 0.3) is 0 Å². The molecular weight excluding hydrogens is 348 g/mol. The number of aromatic carboxylic acids is 1. The highest BCUT2D eigenvalue weighted by atomic mass is 16.4. The molecule has 10 nitrogen and oxygen atoms in total. The van der Waals surface area contributed by atoms with Gasteiger partial charge in [0.1, 0.15) is 30.8 Å². The quantitative estimate of drug-likeness (QED) is 0.707. The Bertz CT molecular complexity index is 928.